The van der Waals surface area contributed by atoms with E-state index in [1.54, 1.807) is 26.8 Å². The number of rotatable bonds is 19. The van der Waals surface area contributed by atoms with Gasteiger partial charge in [-0.1, -0.05) is 52.5 Å². The molecule has 0 aromatic heterocycles. The molecule has 0 bridgehead atoms. The monoisotopic (exact) mass is 611 g/mol. The van der Waals surface area contributed by atoms with Crippen molar-refractivity contribution in [1.82, 2.24) is 5.32 Å². The van der Waals surface area contributed by atoms with E-state index < -0.39 is 36.6 Å². The molecule has 1 rings (SSSR count). The quantitative estimate of drug-likeness (QED) is 0.0788. The number of hydrogen-bond donors (Lipinski definition) is 1. The second kappa shape index (κ2) is 21.2. The summed E-state index contributed by atoms with van der Waals surface area (Å²) < 4.78 is 36.6. The van der Waals surface area contributed by atoms with E-state index in [1.807, 2.05) is 13.8 Å². The van der Waals surface area contributed by atoms with Crippen LogP contribution in [0.25, 0.3) is 0 Å². The zero-order valence-electron chi connectivity index (χ0n) is 26.6. The molecule has 1 aromatic rings. The van der Waals surface area contributed by atoms with Crippen molar-refractivity contribution in [2.24, 2.45) is 0 Å². The van der Waals surface area contributed by atoms with Gasteiger partial charge >= 0.3 is 24.4 Å². The molecule has 244 valence electrons. The van der Waals surface area contributed by atoms with E-state index in [0.29, 0.717) is 18.4 Å². The zero-order valence-corrected chi connectivity index (χ0v) is 26.6. The fourth-order valence-electron chi connectivity index (χ4n) is 4.00. The molecule has 0 fully saturated rings. The Morgan fingerprint density at radius 3 is 1.88 bits per heavy atom. The summed E-state index contributed by atoms with van der Waals surface area (Å²) in [6, 6.07) is 3.68. The molecule has 0 amide bonds. The smallest absolute Gasteiger partial charge is 0.468 e. The predicted molar refractivity (Wildman–Crippen MR) is 158 cm³/mol. The molecule has 43 heavy (non-hydrogen) atoms. The van der Waals surface area contributed by atoms with Crippen LogP contribution in [0.15, 0.2) is 18.2 Å². The Morgan fingerprint density at radius 2 is 1.33 bits per heavy atom. The maximum atomic E-state index is 12.6. The molecule has 1 aromatic carbocycles. The van der Waals surface area contributed by atoms with Gasteiger partial charge in [0.25, 0.3) is 0 Å². The van der Waals surface area contributed by atoms with E-state index in [4.69, 9.17) is 33.2 Å². The summed E-state index contributed by atoms with van der Waals surface area (Å²) in [7, 11) is 1.26. The minimum Gasteiger partial charge on any atom is -0.468 e. The van der Waals surface area contributed by atoms with E-state index in [2.05, 4.69) is 12.2 Å². The first-order chi connectivity index (χ1) is 20.5. The molecular weight excluding hydrogens is 562 g/mol. The Kier molecular flexibility index (Phi) is 18.5. The lowest BCUT2D eigenvalue weighted by Crippen LogP contribution is -2.43. The van der Waals surface area contributed by atoms with Crippen molar-refractivity contribution in [3.8, 4) is 11.5 Å². The molecule has 12 nitrogen and oxygen atoms in total. The summed E-state index contributed by atoms with van der Waals surface area (Å²) in [5.41, 5.74) is 0.552. The van der Waals surface area contributed by atoms with Gasteiger partial charge in [0.05, 0.1) is 13.7 Å². The first-order valence-corrected chi connectivity index (χ1v) is 15.1. The molecule has 0 heterocycles. The molecule has 0 radical (unpaired) electrons. The maximum Gasteiger partial charge on any atom is 0.514 e. The summed E-state index contributed by atoms with van der Waals surface area (Å²) in [6.07, 6.45) is 1.73. The highest BCUT2D eigenvalue weighted by Gasteiger charge is 2.24. The molecule has 0 aliphatic rings. The number of unbranched alkanes of at least 4 members (excludes halogenated alkanes) is 2. The van der Waals surface area contributed by atoms with Crippen LogP contribution < -0.4 is 14.8 Å². The third-order valence-electron chi connectivity index (χ3n) is 6.22. The molecule has 4 atom stereocenters. The summed E-state index contributed by atoms with van der Waals surface area (Å²) in [5, 5.41) is 3.04. The van der Waals surface area contributed by atoms with Gasteiger partial charge in [0, 0.05) is 6.54 Å². The first kappa shape index (κ1) is 37.5. The van der Waals surface area contributed by atoms with Crippen LogP contribution in [0.2, 0.25) is 0 Å². The fourth-order valence-corrected chi connectivity index (χ4v) is 4.00. The van der Waals surface area contributed by atoms with E-state index >= 15 is 0 Å². The van der Waals surface area contributed by atoms with E-state index in [9.17, 15) is 19.2 Å². The van der Waals surface area contributed by atoms with Gasteiger partial charge in [-0.2, -0.15) is 0 Å². The van der Waals surface area contributed by atoms with Crippen LogP contribution in [0.4, 0.5) is 14.4 Å². The van der Waals surface area contributed by atoms with Crippen molar-refractivity contribution in [3.63, 3.8) is 0 Å². The van der Waals surface area contributed by atoms with Gasteiger partial charge in [0.1, 0.15) is 24.4 Å². The Bertz CT molecular complexity index is 1000. The average Bonchev–Trinajstić information content (AvgIpc) is 2.94. The lowest BCUT2D eigenvalue weighted by atomic mass is 10.0. The van der Waals surface area contributed by atoms with Crippen LogP contribution in [0.3, 0.4) is 0 Å². The number of nitrogens with one attached hydrogen (secondary N) is 1. The number of benzene rings is 1. The molecule has 12 heteroatoms. The first-order valence-electron chi connectivity index (χ1n) is 15.1. The van der Waals surface area contributed by atoms with Crippen LogP contribution >= 0.6 is 0 Å². The standard InChI is InChI=1S/C31H49NO11/c1-8-11-12-17-38-29(34)41-23(6)20-32-25(28(33)37-7)18-24-15-16-26(42-30(35)39-21(4)13-9-2)27(19-24)43-31(36)40-22(5)14-10-3/h15-16,19,21-23,25,32H,8-14,17-18,20H2,1-7H3/t21?,22?,23?,25-/m0/s1. The number of ether oxygens (including phenoxy) is 7. The Hall–Kier alpha value is -3.54. The maximum absolute atomic E-state index is 12.6. The largest absolute Gasteiger partial charge is 0.514 e. The summed E-state index contributed by atoms with van der Waals surface area (Å²) >= 11 is 0. The number of methoxy groups -OCH3 is 1. The molecule has 0 saturated heterocycles. The van der Waals surface area contributed by atoms with E-state index in [-0.39, 0.29) is 43.3 Å². The van der Waals surface area contributed by atoms with Gasteiger partial charge in [-0.3, -0.25) is 4.79 Å². The molecule has 0 saturated carbocycles. The number of carbonyl (C=O) groups is 4. The second-order valence-corrected chi connectivity index (χ2v) is 10.3. The minimum atomic E-state index is -0.967. The topological polar surface area (TPSA) is 145 Å². The third kappa shape index (κ3) is 16.0. The highest BCUT2D eigenvalue weighted by Crippen LogP contribution is 2.30. The van der Waals surface area contributed by atoms with E-state index in [0.717, 1.165) is 32.1 Å². The Balaban J connectivity index is 3.02. The van der Waals surface area contributed by atoms with Crippen LogP contribution in [-0.4, -0.2) is 69.1 Å². The van der Waals surface area contributed by atoms with Gasteiger partial charge in [0.2, 0.25) is 0 Å². The number of carbonyl (C=O) groups excluding carboxylic acids is 4. The Labute approximate surface area is 255 Å². The van der Waals surface area contributed by atoms with Gasteiger partial charge in [0.15, 0.2) is 11.5 Å². The van der Waals surface area contributed by atoms with E-state index in [1.165, 1.54) is 19.2 Å². The highest BCUT2D eigenvalue weighted by molar-refractivity contribution is 5.76. The summed E-state index contributed by atoms with van der Waals surface area (Å²) in [5.74, 6) is -0.699. The third-order valence-corrected chi connectivity index (χ3v) is 6.22. The van der Waals surface area contributed by atoms with Crippen molar-refractivity contribution in [3.05, 3.63) is 23.8 Å². The van der Waals surface area contributed by atoms with Crippen molar-refractivity contribution < 1.29 is 52.3 Å². The molecule has 0 spiro atoms. The normalized spacial score (nSPS) is 13.6. The Morgan fingerprint density at radius 1 is 0.744 bits per heavy atom. The summed E-state index contributed by atoms with van der Waals surface area (Å²) in [4.78, 5) is 49.3. The highest BCUT2D eigenvalue weighted by atomic mass is 16.8. The van der Waals surface area contributed by atoms with Crippen molar-refractivity contribution >= 4 is 24.4 Å². The van der Waals surface area contributed by atoms with Crippen molar-refractivity contribution in [2.45, 2.75) is 117 Å². The molecular formula is C31H49NO11. The lowest BCUT2D eigenvalue weighted by molar-refractivity contribution is -0.143. The summed E-state index contributed by atoms with van der Waals surface area (Å²) in [6.45, 7) is 11.6. The fraction of sp³-hybridized carbons (Fsp3) is 0.677. The van der Waals surface area contributed by atoms with Gasteiger partial charge in [-0.15, -0.1) is 0 Å². The molecule has 3 unspecified atom stereocenters. The average molecular weight is 612 g/mol. The number of esters is 1. The van der Waals surface area contributed by atoms with Gasteiger partial charge in [-0.25, -0.2) is 14.4 Å². The lowest BCUT2D eigenvalue weighted by Gasteiger charge is -2.20. The zero-order chi connectivity index (χ0) is 32.2. The van der Waals surface area contributed by atoms with Crippen LogP contribution in [0, 0.1) is 0 Å². The molecule has 0 aliphatic heterocycles. The van der Waals surface area contributed by atoms with Crippen LogP contribution in [0.5, 0.6) is 11.5 Å². The van der Waals surface area contributed by atoms with Crippen LogP contribution in [-0.2, 0) is 34.9 Å². The van der Waals surface area contributed by atoms with Crippen LogP contribution in [0.1, 0.15) is 92.1 Å². The van der Waals surface area contributed by atoms with Gasteiger partial charge in [-0.05, 0) is 64.2 Å². The van der Waals surface area contributed by atoms with Crippen molar-refractivity contribution in [1.29, 1.82) is 0 Å². The number of hydrogen-bond acceptors (Lipinski definition) is 12. The molecule has 0 aliphatic carbocycles. The van der Waals surface area contributed by atoms with Crippen molar-refractivity contribution in [2.75, 3.05) is 20.3 Å². The molecule has 1 N–H and O–H groups in total. The minimum absolute atomic E-state index is 0.0559. The SMILES string of the molecule is CCCCCOC(=O)OC(C)CN[C@@H](Cc1ccc(OC(=O)OC(C)CCC)c(OC(=O)OC(C)CCC)c1)C(=O)OC. The predicted octanol–water partition coefficient (Wildman–Crippen LogP) is 6.50. The second-order valence-electron chi connectivity index (χ2n) is 10.3. The van der Waals surface area contributed by atoms with Gasteiger partial charge < -0.3 is 38.5 Å².